The second kappa shape index (κ2) is 12.9. The molecule has 2 fully saturated rings. The standard InChI is InChI=1S/C32H30N4O.C6H9NO3/c1-20-6-8-23(9-7-20)28-17-27-31(33-19-34-32(27)35-28)26-4-3-5-29(21(26)2)36-14-15-37-30-16-24(22-10-11-22)12-13-25(30)18-36;8-4-7-3-1-2-5(7)6(9)10/h3-9,12-13,16-17,19,22H,10-11,14-15,18H2,1-2H3,(H,33,34,35);4-5H,1-3H2,(H,9,10). The number of H-pyrrole nitrogens is 1. The summed E-state index contributed by atoms with van der Waals surface area (Å²) in [7, 11) is 0. The van der Waals surface area contributed by atoms with E-state index in [1.165, 1.54) is 45.7 Å². The van der Waals surface area contributed by atoms with Crippen molar-refractivity contribution >= 4 is 29.1 Å². The molecular weight excluding hydrogens is 590 g/mol. The van der Waals surface area contributed by atoms with Crippen molar-refractivity contribution < 1.29 is 19.4 Å². The summed E-state index contributed by atoms with van der Waals surface area (Å²) in [6.45, 7) is 7.26. The van der Waals surface area contributed by atoms with Gasteiger partial charge in [-0.15, -0.1) is 0 Å². The Morgan fingerprint density at radius 3 is 2.57 bits per heavy atom. The summed E-state index contributed by atoms with van der Waals surface area (Å²) in [5.41, 5.74) is 11.5. The molecular formula is C38H39N5O4. The number of nitrogens with one attached hydrogen (secondary N) is 1. The molecule has 5 aromatic rings. The number of ether oxygens (including phenoxy) is 1. The first-order chi connectivity index (χ1) is 22.9. The fourth-order valence-electron chi connectivity index (χ4n) is 6.71. The van der Waals surface area contributed by atoms with Crippen molar-refractivity contribution in [1.82, 2.24) is 19.9 Å². The second-order valence-corrected chi connectivity index (χ2v) is 12.7. The summed E-state index contributed by atoms with van der Waals surface area (Å²) in [6, 6.07) is 23.5. The maximum atomic E-state index is 10.4. The third kappa shape index (κ3) is 6.30. The molecule has 3 aromatic carbocycles. The lowest BCUT2D eigenvalue weighted by atomic mass is 10.00. The zero-order valence-corrected chi connectivity index (χ0v) is 26.8. The van der Waals surface area contributed by atoms with Crippen LogP contribution >= 0.6 is 0 Å². The van der Waals surface area contributed by atoms with Crippen molar-refractivity contribution in [2.45, 2.75) is 58.0 Å². The molecule has 9 nitrogen and oxygen atoms in total. The van der Waals surface area contributed by atoms with Crippen LogP contribution < -0.4 is 9.64 Å². The van der Waals surface area contributed by atoms with Gasteiger partial charge < -0.3 is 24.6 Å². The fourth-order valence-corrected chi connectivity index (χ4v) is 6.71. The predicted molar refractivity (Wildman–Crippen MR) is 183 cm³/mol. The van der Waals surface area contributed by atoms with Crippen molar-refractivity contribution in [1.29, 1.82) is 0 Å². The molecule has 2 aromatic heterocycles. The Balaban J connectivity index is 0.000000303. The SMILES string of the molecule is Cc1ccc(-c2cc3c(-c4cccc(N5CCOc6cc(C7CC7)ccc6C5)c4C)ncnc3[nH]2)cc1.O=CN1CCCC1C(=O)O. The molecule has 1 saturated heterocycles. The van der Waals surface area contributed by atoms with E-state index in [-0.39, 0.29) is 0 Å². The second-order valence-electron chi connectivity index (χ2n) is 12.7. The Bertz CT molecular complexity index is 1930. The number of carbonyl (C=O) groups excluding carboxylic acids is 1. The number of fused-ring (bicyclic) bond motifs is 2. The van der Waals surface area contributed by atoms with Crippen LogP contribution in [0.3, 0.4) is 0 Å². The van der Waals surface area contributed by atoms with Crippen molar-refractivity contribution in [3.05, 3.63) is 95.3 Å². The molecule has 47 heavy (non-hydrogen) atoms. The average Bonchev–Trinajstić information content (AvgIpc) is 3.71. The molecule has 8 rings (SSSR count). The molecule has 0 spiro atoms. The highest BCUT2D eigenvalue weighted by molar-refractivity contribution is 5.95. The first-order valence-corrected chi connectivity index (χ1v) is 16.3. The molecule has 1 unspecified atom stereocenters. The molecule has 3 aliphatic rings. The number of nitrogens with zero attached hydrogens (tertiary/aromatic N) is 4. The highest BCUT2D eigenvalue weighted by Crippen LogP contribution is 2.42. The molecule has 1 atom stereocenters. The topological polar surface area (TPSA) is 112 Å². The summed E-state index contributed by atoms with van der Waals surface area (Å²) >= 11 is 0. The van der Waals surface area contributed by atoms with Gasteiger partial charge in [-0.1, -0.05) is 54.1 Å². The summed E-state index contributed by atoms with van der Waals surface area (Å²) in [6.07, 6.45) is 6.27. The first kappa shape index (κ1) is 30.5. The number of carbonyl (C=O) groups is 2. The molecule has 0 radical (unpaired) electrons. The van der Waals surface area contributed by atoms with Crippen LogP contribution in [-0.4, -0.2) is 63.1 Å². The zero-order valence-electron chi connectivity index (χ0n) is 26.8. The Kier molecular flexibility index (Phi) is 8.37. The minimum absolute atomic E-state index is 0.572. The number of likely N-dealkylation sites (tertiary alicyclic amines) is 1. The molecule has 2 N–H and O–H groups in total. The van der Waals surface area contributed by atoms with Crippen LogP contribution in [0.4, 0.5) is 5.69 Å². The number of aryl methyl sites for hydroxylation is 1. The Hall–Kier alpha value is -5.18. The molecule has 4 heterocycles. The number of benzene rings is 3. The van der Waals surface area contributed by atoms with Gasteiger partial charge in [-0.05, 0) is 80.3 Å². The molecule has 2 aliphatic heterocycles. The van der Waals surface area contributed by atoms with E-state index in [9.17, 15) is 9.59 Å². The van der Waals surface area contributed by atoms with E-state index in [0.717, 1.165) is 64.7 Å². The van der Waals surface area contributed by atoms with Crippen LogP contribution in [0, 0.1) is 13.8 Å². The summed E-state index contributed by atoms with van der Waals surface area (Å²) < 4.78 is 6.22. The van der Waals surface area contributed by atoms with Crippen LogP contribution in [-0.2, 0) is 16.1 Å². The minimum Gasteiger partial charge on any atom is -0.491 e. The van der Waals surface area contributed by atoms with E-state index in [1.54, 1.807) is 6.33 Å². The van der Waals surface area contributed by atoms with Crippen molar-refractivity contribution in [2.24, 2.45) is 0 Å². The van der Waals surface area contributed by atoms with Gasteiger partial charge in [-0.3, -0.25) is 4.79 Å². The van der Waals surface area contributed by atoms with Crippen LogP contribution in [0.15, 0.2) is 73.1 Å². The van der Waals surface area contributed by atoms with Crippen LogP contribution in [0.25, 0.3) is 33.5 Å². The van der Waals surface area contributed by atoms with Gasteiger partial charge in [0.25, 0.3) is 0 Å². The number of hydrogen-bond donors (Lipinski definition) is 2. The van der Waals surface area contributed by atoms with E-state index in [2.05, 4.69) is 95.4 Å². The molecule has 1 amide bonds. The van der Waals surface area contributed by atoms with E-state index < -0.39 is 12.0 Å². The highest BCUT2D eigenvalue weighted by Gasteiger charge is 2.29. The Morgan fingerprint density at radius 2 is 1.83 bits per heavy atom. The average molecular weight is 630 g/mol. The lowest BCUT2D eigenvalue weighted by Gasteiger charge is -2.25. The number of rotatable bonds is 6. The number of hydrogen-bond acceptors (Lipinski definition) is 6. The lowest BCUT2D eigenvalue weighted by molar-refractivity contribution is -0.144. The number of aromatic amines is 1. The van der Waals surface area contributed by atoms with Gasteiger partial charge in [0.05, 0.1) is 12.2 Å². The Labute approximate surface area is 274 Å². The van der Waals surface area contributed by atoms with E-state index in [1.807, 2.05) is 0 Å². The predicted octanol–water partition coefficient (Wildman–Crippen LogP) is 6.88. The summed E-state index contributed by atoms with van der Waals surface area (Å²) in [4.78, 5) is 37.1. The van der Waals surface area contributed by atoms with Gasteiger partial charge in [0, 0.05) is 41.0 Å². The number of carboxylic acid groups (broad SMARTS) is 1. The van der Waals surface area contributed by atoms with Gasteiger partial charge in [0.2, 0.25) is 6.41 Å². The maximum Gasteiger partial charge on any atom is 0.326 e. The fraction of sp³-hybridized carbons (Fsp3) is 0.316. The normalized spacial score (nSPS) is 17.4. The van der Waals surface area contributed by atoms with E-state index >= 15 is 0 Å². The third-order valence-corrected chi connectivity index (χ3v) is 9.52. The molecule has 0 bridgehead atoms. The lowest BCUT2D eigenvalue weighted by Crippen LogP contribution is -2.34. The van der Waals surface area contributed by atoms with Crippen LogP contribution in [0.5, 0.6) is 5.75 Å². The monoisotopic (exact) mass is 629 g/mol. The van der Waals surface area contributed by atoms with Crippen molar-refractivity contribution in [3.63, 3.8) is 0 Å². The van der Waals surface area contributed by atoms with Gasteiger partial charge in [-0.2, -0.15) is 0 Å². The third-order valence-electron chi connectivity index (χ3n) is 9.52. The molecule has 240 valence electrons. The van der Waals surface area contributed by atoms with Gasteiger partial charge in [0.15, 0.2) is 0 Å². The minimum atomic E-state index is -0.899. The number of amides is 1. The maximum absolute atomic E-state index is 10.4. The number of aliphatic carboxylic acids is 1. The van der Waals surface area contributed by atoms with Crippen molar-refractivity contribution in [2.75, 3.05) is 24.6 Å². The quantitative estimate of drug-likeness (QED) is 0.197. The van der Waals surface area contributed by atoms with Crippen molar-refractivity contribution in [3.8, 4) is 28.3 Å². The smallest absolute Gasteiger partial charge is 0.326 e. The zero-order chi connectivity index (χ0) is 32.5. The molecule has 1 saturated carbocycles. The summed E-state index contributed by atoms with van der Waals surface area (Å²) in [5.74, 6) is 0.885. The van der Waals surface area contributed by atoms with Gasteiger partial charge >= 0.3 is 5.97 Å². The molecule has 1 aliphatic carbocycles. The van der Waals surface area contributed by atoms with Crippen LogP contribution in [0.1, 0.15) is 53.9 Å². The van der Waals surface area contributed by atoms with Crippen LogP contribution in [0.2, 0.25) is 0 Å². The Morgan fingerprint density at radius 1 is 1.00 bits per heavy atom. The number of aromatic nitrogens is 3. The molecule has 9 heteroatoms. The summed E-state index contributed by atoms with van der Waals surface area (Å²) in [5, 5.41) is 9.55. The van der Waals surface area contributed by atoms with E-state index in [4.69, 9.17) is 14.8 Å². The largest absolute Gasteiger partial charge is 0.491 e. The van der Waals surface area contributed by atoms with Gasteiger partial charge in [0.1, 0.15) is 30.4 Å². The first-order valence-electron chi connectivity index (χ1n) is 16.3. The number of carboxylic acids is 1. The highest BCUT2D eigenvalue weighted by atomic mass is 16.5. The van der Waals surface area contributed by atoms with E-state index in [0.29, 0.717) is 26.0 Å². The van der Waals surface area contributed by atoms with Gasteiger partial charge in [-0.25, -0.2) is 14.8 Å². The number of anilines is 1.